The van der Waals surface area contributed by atoms with Gasteiger partial charge in [-0.1, -0.05) is 15.9 Å². The molecule has 0 aliphatic heterocycles. The average Bonchev–Trinajstić information content (AvgIpc) is 2.17. The monoisotopic (exact) mass is 286 g/mol. The molecular weight excluding hydrogens is 282 g/mol. The molecule has 1 aromatic carbocycles. The number of aromatic nitrogens is 2. The SMILES string of the molecule is Fc1cc(Br)ccc1-c1ccnc(Cl)n1. The van der Waals surface area contributed by atoms with Crippen molar-refractivity contribution < 1.29 is 4.39 Å². The van der Waals surface area contributed by atoms with Crippen LogP contribution in [0, 0.1) is 5.82 Å². The normalized spacial score (nSPS) is 10.3. The van der Waals surface area contributed by atoms with Crippen LogP contribution in [0.25, 0.3) is 11.3 Å². The van der Waals surface area contributed by atoms with Gasteiger partial charge in [-0.15, -0.1) is 0 Å². The van der Waals surface area contributed by atoms with E-state index in [1.807, 2.05) is 0 Å². The molecule has 0 spiro atoms. The van der Waals surface area contributed by atoms with Gasteiger partial charge in [-0.25, -0.2) is 14.4 Å². The topological polar surface area (TPSA) is 25.8 Å². The molecular formula is C10H5BrClFN2. The van der Waals surface area contributed by atoms with E-state index in [2.05, 4.69) is 25.9 Å². The first-order chi connectivity index (χ1) is 7.16. The molecule has 1 heterocycles. The van der Waals surface area contributed by atoms with Crippen molar-refractivity contribution in [3.8, 4) is 11.3 Å². The molecule has 0 amide bonds. The number of benzene rings is 1. The van der Waals surface area contributed by atoms with Gasteiger partial charge in [0.05, 0.1) is 5.69 Å². The molecule has 5 heteroatoms. The maximum Gasteiger partial charge on any atom is 0.222 e. The summed E-state index contributed by atoms with van der Waals surface area (Å²) >= 11 is 8.81. The Morgan fingerprint density at radius 1 is 1.27 bits per heavy atom. The number of halogens is 3. The van der Waals surface area contributed by atoms with Gasteiger partial charge in [0.2, 0.25) is 5.28 Å². The van der Waals surface area contributed by atoms with Gasteiger partial charge in [0, 0.05) is 16.2 Å². The molecule has 0 saturated carbocycles. The Bertz CT molecular complexity index is 505. The molecule has 2 aromatic rings. The molecule has 0 N–H and O–H groups in total. The second kappa shape index (κ2) is 4.24. The lowest BCUT2D eigenvalue weighted by Gasteiger charge is -2.02. The van der Waals surface area contributed by atoms with E-state index in [9.17, 15) is 4.39 Å². The van der Waals surface area contributed by atoms with E-state index < -0.39 is 0 Å². The highest BCUT2D eigenvalue weighted by molar-refractivity contribution is 9.10. The summed E-state index contributed by atoms with van der Waals surface area (Å²) in [6.45, 7) is 0. The number of nitrogens with zero attached hydrogens (tertiary/aromatic N) is 2. The molecule has 0 radical (unpaired) electrons. The lowest BCUT2D eigenvalue weighted by Crippen LogP contribution is -1.89. The Balaban J connectivity index is 2.54. The third-order valence-corrected chi connectivity index (χ3v) is 2.51. The molecule has 0 atom stereocenters. The van der Waals surface area contributed by atoms with Crippen LogP contribution in [0.1, 0.15) is 0 Å². The van der Waals surface area contributed by atoms with Crippen LogP contribution in [0.15, 0.2) is 34.9 Å². The fourth-order valence-corrected chi connectivity index (χ4v) is 1.66. The summed E-state index contributed by atoms with van der Waals surface area (Å²) in [5.74, 6) is -0.348. The zero-order chi connectivity index (χ0) is 10.8. The molecule has 0 saturated heterocycles. The van der Waals surface area contributed by atoms with Gasteiger partial charge < -0.3 is 0 Å². The van der Waals surface area contributed by atoms with Gasteiger partial charge in [0.25, 0.3) is 0 Å². The van der Waals surface area contributed by atoms with Crippen LogP contribution in [-0.2, 0) is 0 Å². The van der Waals surface area contributed by atoms with Crippen molar-refractivity contribution in [3.05, 3.63) is 46.0 Å². The van der Waals surface area contributed by atoms with Crippen LogP contribution >= 0.6 is 27.5 Å². The maximum atomic E-state index is 13.5. The number of hydrogen-bond donors (Lipinski definition) is 0. The van der Waals surface area contributed by atoms with Gasteiger partial charge in [-0.3, -0.25) is 0 Å². The Hall–Kier alpha value is -1.000. The predicted octanol–water partition coefficient (Wildman–Crippen LogP) is 3.70. The zero-order valence-electron chi connectivity index (χ0n) is 7.42. The van der Waals surface area contributed by atoms with E-state index in [0.29, 0.717) is 15.7 Å². The molecule has 76 valence electrons. The minimum absolute atomic E-state index is 0.106. The lowest BCUT2D eigenvalue weighted by molar-refractivity contribution is 0.630. The van der Waals surface area contributed by atoms with Crippen molar-refractivity contribution in [1.29, 1.82) is 0 Å². The zero-order valence-corrected chi connectivity index (χ0v) is 9.76. The van der Waals surface area contributed by atoms with E-state index in [1.54, 1.807) is 18.2 Å². The van der Waals surface area contributed by atoms with E-state index in [1.165, 1.54) is 12.3 Å². The average molecular weight is 288 g/mol. The summed E-state index contributed by atoms with van der Waals surface area (Å²) in [7, 11) is 0. The summed E-state index contributed by atoms with van der Waals surface area (Å²) in [5, 5.41) is 0.106. The van der Waals surface area contributed by atoms with Crippen LogP contribution in [-0.4, -0.2) is 9.97 Å². The highest BCUT2D eigenvalue weighted by Gasteiger charge is 2.07. The molecule has 1 aromatic heterocycles. The van der Waals surface area contributed by atoms with Gasteiger partial charge in [0.15, 0.2) is 0 Å². The Morgan fingerprint density at radius 3 is 2.73 bits per heavy atom. The fraction of sp³-hybridized carbons (Fsp3) is 0. The molecule has 2 rings (SSSR count). The van der Waals surface area contributed by atoms with Crippen LogP contribution in [0.4, 0.5) is 4.39 Å². The largest absolute Gasteiger partial charge is 0.226 e. The quantitative estimate of drug-likeness (QED) is 0.747. The maximum absolute atomic E-state index is 13.5. The first kappa shape index (κ1) is 10.5. The Labute approximate surface area is 99.3 Å². The van der Waals surface area contributed by atoms with Crippen molar-refractivity contribution in [3.63, 3.8) is 0 Å². The molecule has 2 nitrogen and oxygen atoms in total. The Kier molecular flexibility index (Phi) is 2.98. The third kappa shape index (κ3) is 2.33. The van der Waals surface area contributed by atoms with Crippen LogP contribution in [0.3, 0.4) is 0 Å². The van der Waals surface area contributed by atoms with E-state index in [4.69, 9.17) is 11.6 Å². The van der Waals surface area contributed by atoms with Gasteiger partial charge in [0.1, 0.15) is 5.82 Å². The first-order valence-electron chi connectivity index (χ1n) is 4.11. The van der Waals surface area contributed by atoms with Gasteiger partial charge >= 0.3 is 0 Å². The van der Waals surface area contributed by atoms with E-state index in [0.717, 1.165) is 0 Å². The summed E-state index contributed by atoms with van der Waals surface area (Å²) in [4.78, 5) is 7.67. The molecule has 0 bridgehead atoms. The van der Waals surface area contributed by atoms with Gasteiger partial charge in [-0.2, -0.15) is 0 Å². The molecule has 0 aliphatic carbocycles. The third-order valence-electron chi connectivity index (χ3n) is 1.83. The number of hydrogen-bond acceptors (Lipinski definition) is 2. The summed E-state index contributed by atoms with van der Waals surface area (Å²) < 4.78 is 14.2. The summed E-state index contributed by atoms with van der Waals surface area (Å²) in [6, 6.07) is 6.37. The van der Waals surface area contributed by atoms with Crippen LogP contribution < -0.4 is 0 Å². The van der Waals surface area contributed by atoms with Crippen molar-refractivity contribution in [1.82, 2.24) is 9.97 Å². The van der Waals surface area contributed by atoms with Crippen LogP contribution in [0.2, 0.25) is 5.28 Å². The molecule has 0 fully saturated rings. The summed E-state index contributed by atoms with van der Waals surface area (Å²) in [6.07, 6.45) is 1.49. The Morgan fingerprint density at radius 2 is 2.07 bits per heavy atom. The summed E-state index contributed by atoms with van der Waals surface area (Å²) in [5.41, 5.74) is 0.877. The lowest BCUT2D eigenvalue weighted by atomic mass is 10.1. The standard InChI is InChI=1S/C10H5BrClFN2/c11-6-1-2-7(8(13)5-6)9-3-4-14-10(12)15-9/h1-5H. The highest BCUT2D eigenvalue weighted by Crippen LogP contribution is 2.24. The highest BCUT2D eigenvalue weighted by atomic mass is 79.9. The van der Waals surface area contributed by atoms with Crippen molar-refractivity contribution >= 4 is 27.5 Å². The van der Waals surface area contributed by atoms with Crippen molar-refractivity contribution in [2.75, 3.05) is 0 Å². The van der Waals surface area contributed by atoms with Crippen molar-refractivity contribution in [2.24, 2.45) is 0 Å². The van der Waals surface area contributed by atoms with Crippen molar-refractivity contribution in [2.45, 2.75) is 0 Å². The molecule has 0 unspecified atom stereocenters. The first-order valence-corrected chi connectivity index (χ1v) is 5.28. The predicted molar refractivity (Wildman–Crippen MR) is 60.1 cm³/mol. The second-order valence-corrected chi connectivity index (χ2v) is 4.09. The minimum Gasteiger partial charge on any atom is -0.226 e. The number of rotatable bonds is 1. The molecule has 0 aliphatic rings. The fourth-order valence-electron chi connectivity index (χ4n) is 1.18. The molecule has 15 heavy (non-hydrogen) atoms. The smallest absolute Gasteiger partial charge is 0.222 e. The van der Waals surface area contributed by atoms with E-state index >= 15 is 0 Å². The second-order valence-electron chi connectivity index (χ2n) is 2.84. The minimum atomic E-state index is -0.348. The van der Waals surface area contributed by atoms with E-state index in [-0.39, 0.29) is 11.1 Å². The van der Waals surface area contributed by atoms with Gasteiger partial charge in [-0.05, 0) is 35.9 Å². The van der Waals surface area contributed by atoms with Crippen LogP contribution in [0.5, 0.6) is 0 Å².